The fourth-order valence-corrected chi connectivity index (χ4v) is 5.72. The van der Waals surface area contributed by atoms with Crippen molar-refractivity contribution in [3.63, 3.8) is 0 Å². The summed E-state index contributed by atoms with van der Waals surface area (Å²) in [7, 11) is 0. The predicted molar refractivity (Wildman–Crippen MR) is 124 cm³/mol. The molecule has 0 aliphatic rings. The first-order valence-electron chi connectivity index (χ1n) is 8.98. The summed E-state index contributed by atoms with van der Waals surface area (Å²) in [4.78, 5) is 13.8. The van der Waals surface area contributed by atoms with Crippen LogP contribution in [0, 0.1) is 11.8 Å². The Morgan fingerprint density at radius 3 is 2.24 bits per heavy atom. The number of aromatic nitrogens is 2. The second kappa shape index (κ2) is 8.14. The minimum absolute atomic E-state index is 0.834. The van der Waals surface area contributed by atoms with Gasteiger partial charge in [-0.2, -0.15) is 0 Å². The van der Waals surface area contributed by atoms with Gasteiger partial charge in [-0.25, -0.2) is 0 Å². The van der Waals surface area contributed by atoms with Gasteiger partial charge < -0.3 is 0 Å². The Hall–Kier alpha value is -3.04. The van der Waals surface area contributed by atoms with Crippen LogP contribution < -0.4 is 0 Å². The van der Waals surface area contributed by atoms with E-state index in [-0.39, 0.29) is 0 Å². The maximum absolute atomic E-state index is 4.44. The van der Waals surface area contributed by atoms with Crippen molar-refractivity contribution in [3.05, 3.63) is 94.9 Å². The molecule has 5 aromatic rings. The topological polar surface area (TPSA) is 25.8 Å². The lowest BCUT2D eigenvalue weighted by atomic mass is 10.1. The van der Waals surface area contributed by atoms with Crippen LogP contribution in [0.2, 0.25) is 0 Å². The van der Waals surface area contributed by atoms with Gasteiger partial charge in [-0.1, -0.05) is 30.0 Å². The summed E-state index contributed by atoms with van der Waals surface area (Å²) < 4.78 is 0. The van der Waals surface area contributed by atoms with Crippen molar-refractivity contribution in [2.45, 2.75) is 0 Å². The Morgan fingerprint density at radius 2 is 1.48 bits per heavy atom. The molecule has 0 aromatic carbocycles. The lowest BCUT2D eigenvalue weighted by Crippen LogP contribution is -1.87. The van der Waals surface area contributed by atoms with Crippen molar-refractivity contribution >= 4 is 34.0 Å². The molecule has 5 heterocycles. The van der Waals surface area contributed by atoms with Gasteiger partial charge in [0.2, 0.25) is 0 Å². The maximum Gasteiger partial charge on any atom is 0.0898 e. The molecule has 0 saturated heterocycles. The molecule has 0 fully saturated rings. The predicted octanol–water partition coefficient (Wildman–Crippen LogP) is 7.06. The van der Waals surface area contributed by atoms with Gasteiger partial charge in [0.1, 0.15) is 0 Å². The summed E-state index contributed by atoms with van der Waals surface area (Å²) in [6.07, 6.45) is 3.57. The number of rotatable bonds is 3. The average molecular weight is 427 g/mol. The van der Waals surface area contributed by atoms with Crippen molar-refractivity contribution in [3.8, 4) is 42.7 Å². The smallest absolute Gasteiger partial charge is 0.0898 e. The molecule has 0 saturated carbocycles. The zero-order valence-electron chi connectivity index (χ0n) is 15.2. The summed E-state index contributed by atoms with van der Waals surface area (Å²) in [6, 6.07) is 20.5. The molecular weight excluding hydrogens is 412 g/mol. The third-order valence-electron chi connectivity index (χ3n) is 4.27. The van der Waals surface area contributed by atoms with E-state index in [4.69, 9.17) is 0 Å². The monoisotopic (exact) mass is 426 g/mol. The summed E-state index contributed by atoms with van der Waals surface area (Å²) in [5.41, 5.74) is 3.69. The van der Waals surface area contributed by atoms with Crippen molar-refractivity contribution in [1.29, 1.82) is 0 Å². The van der Waals surface area contributed by atoms with Crippen LogP contribution in [0.4, 0.5) is 0 Å². The van der Waals surface area contributed by atoms with Crippen LogP contribution >= 0.6 is 34.0 Å². The van der Waals surface area contributed by atoms with Crippen LogP contribution in [0.15, 0.2) is 83.8 Å². The first kappa shape index (κ1) is 18.0. The SMILES string of the molecule is C(#Cc1cc(-c2cccs2)sc1-c1cccs1)c1ccnc(-c2ccccn2)c1. The molecule has 0 N–H and O–H groups in total. The summed E-state index contributed by atoms with van der Waals surface area (Å²) >= 11 is 5.32. The number of pyridine rings is 2. The largest absolute Gasteiger partial charge is 0.255 e. The highest BCUT2D eigenvalue weighted by Crippen LogP contribution is 2.41. The van der Waals surface area contributed by atoms with E-state index >= 15 is 0 Å². The van der Waals surface area contributed by atoms with E-state index in [1.54, 1.807) is 46.4 Å². The molecule has 5 rings (SSSR count). The Balaban J connectivity index is 1.54. The molecule has 0 atom stereocenters. The fraction of sp³-hybridized carbons (Fsp3) is 0. The van der Waals surface area contributed by atoms with Crippen molar-refractivity contribution in [1.82, 2.24) is 9.97 Å². The highest BCUT2D eigenvalue weighted by Gasteiger charge is 2.12. The number of hydrogen-bond donors (Lipinski definition) is 0. The zero-order chi connectivity index (χ0) is 19.5. The molecule has 138 valence electrons. The Labute approximate surface area is 181 Å². The Kier molecular flexibility index (Phi) is 5.06. The van der Waals surface area contributed by atoms with Crippen LogP contribution in [-0.4, -0.2) is 9.97 Å². The van der Waals surface area contributed by atoms with Gasteiger partial charge in [0.25, 0.3) is 0 Å². The van der Waals surface area contributed by atoms with Gasteiger partial charge in [0.15, 0.2) is 0 Å². The first-order valence-corrected chi connectivity index (χ1v) is 11.6. The van der Waals surface area contributed by atoms with Gasteiger partial charge in [-0.3, -0.25) is 9.97 Å². The minimum Gasteiger partial charge on any atom is -0.255 e. The van der Waals surface area contributed by atoms with Crippen molar-refractivity contribution in [2.24, 2.45) is 0 Å². The van der Waals surface area contributed by atoms with E-state index in [0.717, 1.165) is 22.5 Å². The third kappa shape index (κ3) is 3.92. The fourth-order valence-electron chi connectivity index (χ4n) is 2.92. The number of nitrogens with zero attached hydrogens (tertiary/aromatic N) is 2. The molecule has 0 radical (unpaired) electrons. The van der Waals surface area contributed by atoms with E-state index < -0.39 is 0 Å². The highest BCUT2D eigenvalue weighted by atomic mass is 32.1. The van der Waals surface area contributed by atoms with Crippen LogP contribution in [0.3, 0.4) is 0 Å². The van der Waals surface area contributed by atoms with E-state index in [2.05, 4.69) is 62.9 Å². The molecule has 29 heavy (non-hydrogen) atoms. The van der Waals surface area contributed by atoms with Crippen LogP contribution in [0.5, 0.6) is 0 Å². The molecule has 0 spiro atoms. The van der Waals surface area contributed by atoms with E-state index in [1.807, 2.05) is 30.3 Å². The molecule has 5 heteroatoms. The second-order valence-electron chi connectivity index (χ2n) is 6.20. The number of thiophene rings is 3. The quantitative estimate of drug-likeness (QED) is 0.289. The van der Waals surface area contributed by atoms with Gasteiger partial charge >= 0.3 is 0 Å². The van der Waals surface area contributed by atoms with E-state index in [0.29, 0.717) is 0 Å². The van der Waals surface area contributed by atoms with Gasteiger partial charge in [-0.05, 0) is 53.2 Å². The first-order chi connectivity index (χ1) is 14.4. The molecule has 0 aliphatic carbocycles. The molecule has 5 aromatic heterocycles. The average Bonchev–Trinajstić information content (AvgIpc) is 3.54. The molecular formula is C24H14N2S3. The zero-order valence-corrected chi connectivity index (χ0v) is 17.7. The lowest BCUT2D eigenvalue weighted by Gasteiger charge is -1.99. The number of hydrogen-bond acceptors (Lipinski definition) is 5. The van der Waals surface area contributed by atoms with Gasteiger partial charge in [0, 0.05) is 38.2 Å². The molecule has 0 aliphatic heterocycles. The normalized spacial score (nSPS) is 10.5. The highest BCUT2D eigenvalue weighted by molar-refractivity contribution is 7.26. The standard InChI is InChI=1S/C24H14N2S3/c1-2-11-25-19(5-1)20-15-17(10-12-26-20)8-9-18-16-23(21-6-3-13-27-21)29-24(18)22-7-4-14-28-22/h1-7,10-16H. The summed E-state index contributed by atoms with van der Waals surface area (Å²) in [6.45, 7) is 0. The van der Waals surface area contributed by atoms with Gasteiger partial charge in [0.05, 0.1) is 16.3 Å². The molecule has 2 nitrogen and oxygen atoms in total. The minimum atomic E-state index is 0.834. The summed E-state index contributed by atoms with van der Waals surface area (Å²) in [5, 5.41) is 4.22. The summed E-state index contributed by atoms with van der Waals surface area (Å²) in [5.74, 6) is 6.73. The Morgan fingerprint density at radius 1 is 0.655 bits per heavy atom. The molecule has 0 amide bonds. The molecule has 0 unspecified atom stereocenters. The molecule has 0 bridgehead atoms. The van der Waals surface area contributed by atoms with Crippen LogP contribution in [-0.2, 0) is 0 Å². The van der Waals surface area contributed by atoms with Crippen molar-refractivity contribution in [2.75, 3.05) is 0 Å². The van der Waals surface area contributed by atoms with E-state index in [1.165, 1.54) is 19.5 Å². The van der Waals surface area contributed by atoms with Crippen LogP contribution in [0.1, 0.15) is 11.1 Å². The third-order valence-corrected chi connectivity index (χ3v) is 7.52. The van der Waals surface area contributed by atoms with Crippen LogP contribution in [0.25, 0.3) is 30.9 Å². The lowest BCUT2D eigenvalue weighted by molar-refractivity contribution is 1.24. The van der Waals surface area contributed by atoms with Crippen molar-refractivity contribution < 1.29 is 0 Å². The Bertz CT molecular complexity index is 1290. The van der Waals surface area contributed by atoms with Gasteiger partial charge in [-0.15, -0.1) is 34.0 Å². The maximum atomic E-state index is 4.44. The second-order valence-corrected chi connectivity index (χ2v) is 9.15. The van der Waals surface area contributed by atoms with E-state index in [9.17, 15) is 0 Å².